The van der Waals surface area contributed by atoms with Gasteiger partial charge in [0.1, 0.15) is 5.69 Å². The summed E-state index contributed by atoms with van der Waals surface area (Å²) >= 11 is 0. The minimum Gasteiger partial charge on any atom is -0.390 e. The van der Waals surface area contributed by atoms with Crippen molar-refractivity contribution < 1.29 is 5.11 Å². The van der Waals surface area contributed by atoms with Gasteiger partial charge in [-0.1, -0.05) is 61.7 Å². The lowest BCUT2D eigenvalue weighted by molar-refractivity contribution is 0.275. The van der Waals surface area contributed by atoms with E-state index in [2.05, 4.69) is 41.5 Å². The Bertz CT molecular complexity index is 522. The smallest absolute Gasteiger partial charge is 0.111 e. The second kappa shape index (κ2) is 8.57. The number of rotatable bonds is 9. The molecular weight excluding hydrogens is 262 g/mol. The lowest BCUT2D eigenvalue weighted by Gasteiger charge is -2.08. The van der Waals surface area contributed by atoms with Gasteiger partial charge in [0, 0.05) is 6.54 Å². The molecule has 0 unspecified atom stereocenters. The summed E-state index contributed by atoms with van der Waals surface area (Å²) < 4.78 is 1.98. The van der Waals surface area contributed by atoms with E-state index in [9.17, 15) is 5.11 Å². The van der Waals surface area contributed by atoms with E-state index in [0.717, 1.165) is 37.2 Å². The molecule has 2 rings (SSSR count). The number of hydrogen-bond acceptors (Lipinski definition) is 3. The third-order valence-corrected chi connectivity index (χ3v) is 3.78. The van der Waals surface area contributed by atoms with Crippen molar-refractivity contribution in [3.63, 3.8) is 0 Å². The van der Waals surface area contributed by atoms with Crippen molar-refractivity contribution in [1.29, 1.82) is 0 Å². The van der Waals surface area contributed by atoms with Crippen LogP contribution in [0.3, 0.4) is 0 Å². The van der Waals surface area contributed by atoms with Gasteiger partial charge < -0.3 is 5.11 Å². The van der Waals surface area contributed by atoms with Crippen LogP contribution in [0.15, 0.2) is 30.3 Å². The summed E-state index contributed by atoms with van der Waals surface area (Å²) in [5, 5.41) is 17.7. The predicted molar refractivity (Wildman–Crippen MR) is 83.9 cm³/mol. The van der Waals surface area contributed by atoms with Crippen LogP contribution in [0.25, 0.3) is 0 Å². The molecule has 0 fully saturated rings. The molecule has 0 radical (unpaired) electrons. The van der Waals surface area contributed by atoms with Crippen LogP contribution in [0, 0.1) is 0 Å². The lowest BCUT2D eigenvalue weighted by Crippen LogP contribution is -2.08. The van der Waals surface area contributed by atoms with E-state index in [1.54, 1.807) is 0 Å². The molecule has 0 saturated heterocycles. The first-order valence-electron chi connectivity index (χ1n) is 7.91. The maximum Gasteiger partial charge on any atom is 0.111 e. The largest absolute Gasteiger partial charge is 0.390 e. The van der Waals surface area contributed by atoms with E-state index in [4.69, 9.17) is 0 Å². The van der Waals surface area contributed by atoms with Gasteiger partial charge in [0.15, 0.2) is 0 Å². The zero-order valence-corrected chi connectivity index (χ0v) is 12.8. The van der Waals surface area contributed by atoms with Crippen LogP contribution in [0.1, 0.15) is 49.6 Å². The number of aromatic nitrogens is 3. The third-order valence-electron chi connectivity index (χ3n) is 3.78. The Kier molecular flexibility index (Phi) is 6.41. The molecule has 0 amide bonds. The molecular formula is C17H25N3O. The maximum atomic E-state index is 9.42. The number of aliphatic hydroxyl groups excluding tert-OH is 1. The van der Waals surface area contributed by atoms with Crippen molar-refractivity contribution >= 4 is 0 Å². The molecule has 0 saturated carbocycles. The number of unbranched alkanes of at least 4 members (excludes halogenated alkanes) is 3. The number of benzene rings is 1. The predicted octanol–water partition coefficient (Wildman–Crippen LogP) is 3.14. The molecule has 4 heteroatoms. The fourth-order valence-electron chi connectivity index (χ4n) is 2.54. The summed E-state index contributed by atoms with van der Waals surface area (Å²) in [6, 6.07) is 10.4. The van der Waals surface area contributed by atoms with Gasteiger partial charge in [-0.05, 0) is 24.8 Å². The molecule has 0 aliphatic carbocycles. The molecule has 4 nitrogen and oxygen atoms in total. The minimum absolute atomic E-state index is 0.0287. The summed E-state index contributed by atoms with van der Waals surface area (Å²) in [5.74, 6) is 0. The first-order chi connectivity index (χ1) is 10.3. The fraction of sp³-hybridized carbons (Fsp3) is 0.529. The van der Waals surface area contributed by atoms with Crippen molar-refractivity contribution in [2.75, 3.05) is 0 Å². The summed E-state index contributed by atoms with van der Waals surface area (Å²) in [4.78, 5) is 0. The average Bonchev–Trinajstić information content (AvgIpc) is 2.92. The Labute approximate surface area is 126 Å². The molecule has 114 valence electrons. The van der Waals surface area contributed by atoms with Crippen molar-refractivity contribution in [3.8, 4) is 0 Å². The van der Waals surface area contributed by atoms with Gasteiger partial charge in [0.05, 0.1) is 12.3 Å². The van der Waals surface area contributed by atoms with Crippen LogP contribution in [0.4, 0.5) is 0 Å². The highest BCUT2D eigenvalue weighted by molar-refractivity contribution is 5.18. The molecule has 0 spiro atoms. The molecule has 0 aliphatic rings. The standard InChI is InChI=1S/C17H25N3O/c1-2-3-4-8-13-20-17(16(14-21)18-19-20)12-11-15-9-6-5-7-10-15/h5-7,9-10,21H,2-4,8,11-14H2,1H3. The second-order valence-corrected chi connectivity index (χ2v) is 5.41. The summed E-state index contributed by atoms with van der Waals surface area (Å²) in [6.07, 6.45) is 6.68. The summed E-state index contributed by atoms with van der Waals surface area (Å²) in [7, 11) is 0. The third kappa shape index (κ3) is 4.67. The van der Waals surface area contributed by atoms with Crippen LogP contribution < -0.4 is 0 Å². The lowest BCUT2D eigenvalue weighted by atomic mass is 10.1. The highest BCUT2D eigenvalue weighted by Gasteiger charge is 2.11. The molecule has 2 aromatic rings. The Hall–Kier alpha value is -1.68. The van der Waals surface area contributed by atoms with Crippen LogP contribution in [0.5, 0.6) is 0 Å². The first kappa shape index (κ1) is 15.7. The zero-order chi connectivity index (χ0) is 14.9. The van der Waals surface area contributed by atoms with Gasteiger partial charge in [0.25, 0.3) is 0 Å². The molecule has 0 atom stereocenters. The van der Waals surface area contributed by atoms with Crippen molar-refractivity contribution in [3.05, 3.63) is 47.3 Å². The van der Waals surface area contributed by atoms with E-state index in [1.165, 1.54) is 24.8 Å². The van der Waals surface area contributed by atoms with Crippen LogP contribution in [-0.2, 0) is 26.0 Å². The van der Waals surface area contributed by atoms with Crippen molar-refractivity contribution in [1.82, 2.24) is 15.0 Å². The number of nitrogens with zero attached hydrogens (tertiary/aromatic N) is 3. The Morgan fingerprint density at radius 3 is 2.57 bits per heavy atom. The highest BCUT2D eigenvalue weighted by Crippen LogP contribution is 2.12. The van der Waals surface area contributed by atoms with E-state index in [0.29, 0.717) is 0 Å². The van der Waals surface area contributed by atoms with Crippen LogP contribution in [-0.4, -0.2) is 20.1 Å². The number of hydrogen-bond donors (Lipinski definition) is 1. The number of aryl methyl sites for hydroxylation is 2. The molecule has 0 bridgehead atoms. The molecule has 1 N–H and O–H groups in total. The van der Waals surface area contributed by atoms with Gasteiger partial charge in [0.2, 0.25) is 0 Å². The minimum atomic E-state index is -0.0287. The summed E-state index contributed by atoms with van der Waals surface area (Å²) in [5.41, 5.74) is 3.11. The Morgan fingerprint density at radius 1 is 1.05 bits per heavy atom. The van der Waals surface area contributed by atoms with Crippen LogP contribution in [0.2, 0.25) is 0 Å². The average molecular weight is 287 g/mol. The molecule has 21 heavy (non-hydrogen) atoms. The quantitative estimate of drug-likeness (QED) is 0.721. The molecule has 1 aromatic heterocycles. The van der Waals surface area contributed by atoms with Gasteiger partial charge in [-0.2, -0.15) is 0 Å². The van der Waals surface area contributed by atoms with E-state index >= 15 is 0 Å². The van der Waals surface area contributed by atoms with Crippen molar-refractivity contribution in [2.45, 2.75) is 58.6 Å². The van der Waals surface area contributed by atoms with Gasteiger partial charge >= 0.3 is 0 Å². The first-order valence-corrected chi connectivity index (χ1v) is 7.91. The monoisotopic (exact) mass is 287 g/mol. The molecule has 1 aromatic carbocycles. The van der Waals surface area contributed by atoms with E-state index in [-0.39, 0.29) is 6.61 Å². The normalized spacial score (nSPS) is 11.0. The van der Waals surface area contributed by atoms with Crippen molar-refractivity contribution in [2.24, 2.45) is 0 Å². The maximum absolute atomic E-state index is 9.42. The Morgan fingerprint density at radius 2 is 1.86 bits per heavy atom. The topological polar surface area (TPSA) is 50.9 Å². The number of aliphatic hydroxyl groups is 1. The SMILES string of the molecule is CCCCCCn1nnc(CO)c1CCc1ccccc1. The highest BCUT2D eigenvalue weighted by atomic mass is 16.3. The molecule has 0 aliphatic heterocycles. The zero-order valence-electron chi connectivity index (χ0n) is 12.8. The van der Waals surface area contributed by atoms with E-state index in [1.807, 2.05) is 10.7 Å². The second-order valence-electron chi connectivity index (χ2n) is 5.41. The van der Waals surface area contributed by atoms with Gasteiger partial charge in [-0.25, -0.2) is 4.68 Å². The van der Waals surface area contributed by atoms with Gasteiger partial charge in [-0.3, -0.25) is 0 Å². The Balaban J connectivity index is 1.97. The van der Waals surface area contributed by atoms with Crippen LogP contribution >= 0.6 is 0 Å². The fourth-order valence-corrected chi connectivity index (χ4v) is 2.54. The van der Waals surface area contributed by atoms with E-state index < -0.39 is 0 Å². The molecule has 1 heterocycles. The summed E-state index contributed by atoms with van der Waals surface area (Å²) in [6.45, 7) is 3.08. The van der Waals surface area contributed by atoms with Gasteiger partial charge in [-0.15, -0.1) is 5.10 Å².